The molecule has 3 aromatic rings. The maximum Gasteiger partial charge on any atom is 0.332 e. The third kappa shape index (κ3) is 4.64. The Hall–Kier alpha value is -3.27. The molecule has 0 saturated carbocycles. The van der Waals surface area contributed by atoms with E-state index in [1.54, 1.807) is 31.3 Å². The summed E-state index contributed by atoms with van der Waals surface area (Å²) in [6.07, 6.45) is 0. The Balaban J connectivity index is 1.98. The zero-order valence-electron chi connectivity index (χ0n) is 18.8. The van der Waals surface area contributed by atoms with Gasteiger partial charge in [0.1, 0.15) is 16.2 Å². The highest BCUT2D eigenvalue weighted by atomic mass is 32.2. The highest BCUT2D eigenvalue weighted by Crippen LogP contribution is 2.27. The van der Waals surface area contributed by atoms with Crippen LogP contribution in [0.2, 0.25) is 0 Å². The second kappa shape index (κ2) is 8.70. The Kier molecular flexibility index (Phi) is 6.36. The summed E-state index contributed by atoms with van der Waals surface area (Å²) < 4.78 is 2.31. The molecule has 3 rings (SSSR count). The Bertz CT molecular complexity index is 1350. The molecule has 0 bridgehead atoms. The molecule has 32 heavy (non-hydrogen) atoms. The molecule has 0 spiro atoms. The van der Waals surface area contributed by atoms with Gasteiger partial charge in [0.05, 0.1) is 5.75 Å². The van der Waals surface area contributed by atoms with E-state index in [-0.39, 0.29) is 28.5 Å². The highest BCUT2D eigenvalue weighted by molar-refractivity contribution is 8.00. The van der Waals surface area contributed by atoms with Crippen molar-refractivity contribution in [1.82, 2.24) is 19.1 Å². The number of nitrogens with one attached hydrogen (secondary N) is 1. The van der Waals surface area contributed by atoms with Gasteiger partial charge in [-0.3, -0.25) is 23.5 Å². The molecular formula is C22H25N5O4S. The van der Waals surface area contributed by atoms with E-state index in [1.165, 1.54) is 18.5 Å². The van der Waals surface area contributed by atoms with Crippen LogP contribution in [0.25, 0.3) is 11.0 Å². The van der Waals surface area contributed by atoms with Crippen LogP contribution in [0.4, 0.5) is 5.69 Å². The lowest BCUT2D eigenvalue weighted by molar-refractivity contribution is -0.113. The number of hydrogen-bond donors (Lipinski definition) is 1. The summed E-state index contributed by atoms with van der Waals surface area (Å²) in [7, 11) is 2.94. The van der Waals surface area contributed by atoms with Gasteiger partial charge in [-0.1, -0.05) is 44.7 Å². The quantitative estimate of drug-likeness (QED) is 0.356. The number of nitrogens with zero attached hydrogens (tertiary/aromatic N) is 4. The van der Waals surface area contributed by atoms with Crippen molar-refractivity contribution in [3.8, 4) is 0 Å². The van der Waals surface area contributed by atoms with Crippen LogP contribution in [0, 0.1) is 0 Å². The van der Waals surface area contributed by atoms with Gasteiger partial charge in [-0.25, -0.2) is 14.8 Å². The van der Waals surface area contributed by atoms with E-state index >= 15 is 0 Å². The topological polar surface area (TPSA) is 116 Å². The lowest BCUT2D eigenvalue weighted by Gasteiger charge is -2.19. The van der Waals surface area contributed by atoms with Crippen LogP contribution in [0.1, 0.15) is 43.9 Å². The number of ketones is 1. The molecule has 9 nitrogen and oxygen atoms in total. The fourth-order valence-electron chi connectivity index (χ4n) is 3.02. The predicted octanol–water partition coefficient (Wildman–Crippen LogP) is 2.26. The van der Waals surface area contributed by atoms with Crippen LogP contribution >= 0.6 is 11.8 Å². The van der Waals surface area contributed by atoms with E-state index in [4.69, 9.17) is 0 Å². The minimum absolute atomic E-state index is 0.0218. The molecule has 1 N–H and O–H groups in total. The number of benzene rings is 1. The van der Waals surface area contributed by atoms with E-state index in [9.17, 15) is 19.2 Å². The molecule has 2 aromatic heterocycles. The van der Waals surface area contributed by atoms with Crippen LogP contribution < -0.4 is 16.6 Å². The molecule has 0 fully saturated rings. The van der Waals surface area contributed by atoms with Crippen LogP contribution in [-0.4, -0.2) is 36.5 Å². The lowest BCUT2D eigenvalue weighted by atomic mass is 9.96. The fourth-order valence-corrected chi connectivity index (χ4v) is 3.83. The number of carbonyl (C=O) groups excluding carboxylic acids is 2. The summed E-state index contributed by atoms with van der Waals surface area (Å²) in [5, 5.41) is 3.28. The maximum absolute atomic E-state index is 12.8. The number of anilines is 1. The van der Waals surface area contributed by atoms with E-state index < -0.39 is 16.7 Å². The number of amides is 1. The molecule has 0 aliphatic carbocycles. The van der Waals surface area contributed by atoms with Crippen molar-refractivity contribution in [2.45, 2.75) is 38.1 Å². The first-order chi connectivity index (χ1) is 14.9. The van der Waals surface area contributed by atoms with Crippen molar-refractivity contribution in [3.63, 3.8) is 0 Å². The molecule has 10 heteroatoms. The summed E-state index contributed by atoms with van der Waals surface area (Å²) in [6, 6.07) is 6.66. The minimum Gasteiger partial charge on any atom is -0.325 e. The number of Topliss-reactive ketones (excluding diaryl/α,β-unsaturated/α-hetero) is 1. The van der Waals surface area contributed by atoms with Crippen molar-refractivity contribution < 1.29 is 9.59 Å². The molecule has 0 saturated heterocycles. The van der Waals surface area contributed by atoms with Crippen molar-refractivity contribution >= 4 is 40.2 Å². The van der Waals surface area contributed by atoms with Crippen molar-refractivity contribution in [1.29, 1.82) is 0 Å². The molecule has 1 aromatic carbocycles. The smallest absolute Gasteiger partial charge is 0.325 e. The Morgan fingerprint density at radius 2 is 1.78 bits per heavy atom. The summed E-state index contributed by atoms with van der Waals surface area (Å²) in [5.41, 5.74) is -0.201. The van der Waals surface area contributed by atoms with Gasteiger partial charge >= 0.3 is 5.69 Å². The summed E-state index contributed by atoms with van der Waals surface area (Å²) >= 11 is 1.10. The number of thioether (sulfide) groups is 1. The highest BCUT2D eigenvalue weighted by Gasteiger charge is 2.24. The van der Waals surface area contributed by atoms with E-state index in [0.29, 0.717) is 22.1 Å². The lowest BCUT2D eigenvalue weighted by Crippen LogP contribution is -2.38. The standard InChI is InChI=1S/C22H25N5O4S/c1-12(28)13-8-7-9-14(10-13)23-15(29)11-32-18-16-17(24-20(25-18)22(2,3)4)26(5)21(31)27(6)19(16)30/h7-10H,11H2,1-6H3,(H,23,29). The van der Waals surface area contributed by atoms with Crippen molar-refractivity contribution in [2.75, 3.05) is 11.1 Å². The second-order valence-electron chi connectivity index (χ2n) is 8.48. The molecular weight excluding hydrogens is 430 g/mol. The molecule has 0 radical (unpaired) electrons. The molecule has 1 amide bonds. The number of hydrogen-bond acceptors (Lipinski definition) is 7. The van der Waals surface area contributed by atoms with Gasteiger partial charge in [-0.05, 0) is 19.1 Å². The van der Waals surface area contributed by atoms with Gasteiger partial charge in [0.2, 0.25) is 5.91 Å². The number of aryl methyl sites for hydroxylation is 1. The average Bonchev–Trinajstić information content (AvgIpc) is 2.73. The largest absolute Gasteiger partial charge is 0.332 e. The Morgan fingerprint density at radius 1 is 1.09 bits per heavy atom. The molecule has 0 aliphatic rings. The van der Waals surface area contributed by atoms with Crippen LogP contribution in [0.5, 0.6) is 0 Å². The molecule has 0 aliphatic heterocycles. The van der Waals surface area contributed by atoms with Gasteiger partial charge in [-0.15, -0.1) is 0 Å². The summed E-state index contributed by atoms with van der Waals surface area (Å²) in [6.45, 7) is 7.24. The van der Waals surface area contributed by atoms with E-state index in [2.05, 4.69) is 15.3 Å². The number of rotatable bonds is 5. The summed E-state index contributed by atoms with van der Waals surface area (Å²) in [4.78, 5) is 58.4. The maximum atomic E-state index is 12.8. The van der Waals surface area contributed by atoms with Gasteiger partial charge in [0.15, 0.2) is 11.4 Å². The van der Waals surface area contributed by atoms with Crippen molar-refractivity contribution in [3.05, 3.63) is 56.5 Å². The fraction of sp³-hybridized carbons (Fsp3) is 0.364. The van der Waals surface area contributed by atoms with Gasteiger partial charge in [-0.2, -0.15) is 0 Å². The minimum atomic E-state index is -0.513. The third-order valence-corrected chi connectivity index (χ3v) is 5.81. The molecule has 0 unspecified atom stereocenters. The Labute approximate surface area is 188 Å². The Morgan fingerprint density at radius 3 is 2.41 bits per heavy atom. The first kappa shape index (κ1) is 23.4. The van der Waals surface area contributed by atoms with Gasteiger partial charge < -0.3 is 5.32 Å². The average molecular weight is 456 g/mol. The first-order valence-corrected chi connectivity index (χ1v) is 10.9. The molecule has 168 valence electrons. The van der Waals surface area contributed by atoms with Crippen LogP contribution in [0.3, 0.4) is 0 Å². The normalized spacial score (nSPS) is 11.6. The van der Waals surface area contributed by atoms with Gasteiger partial charge in [0, 0.05) is 30.8 Å². The van der Waals surface area contributed by atoms with E-state index in [0.717, 1.165) is 16.3 Å². The number of carbonyl (C=O) groups is 2. The number of fused-ring (bicyclic) bond motifs is 1. The monoisotopic (exact) mass is 455 g/mol. The zero-order valence-corrected chi connectivity index (χ0v) is 19.7. The predicted molar refractivity (Wildman–Crippen MR) is 125 cm³/mol. The molecule has 0 atom stereocenters. The first-order valence-electron chi connectivity index (χ1n) is 9.92. The van der Waals surface area contributed by atoms with Crippen LogP contribution in [-0.2, 0) is 24.3 Å². The summed E-state index contributed by atoms with van der Waals surface area (Å²) in [5.74, 6) is 0.0252. The van der Waals surface area contributed by atoms with Crippen LogP contribution in [0.15, 0.2) is 38.9 Å². The number of aromatic nitrogens is 4. The van der Waals surface area contributed by atoms with Crippen molar-refractivity contribution in [2.24, 2.45) is 14.1 Å². The third-order valence-electron chi connectivity index (χ3n) is 4.83. The zero-order chi connectivity index (χ0) is 23.8. The van der Waals surface area contributed by atoms with Gasteiger partial charge in [0.25, 0.3) is 5.56 Å². The SMILES string of the molecule is CC(=O)c1cccc(NC(=O)CSc2nc(C(C)(C)C)nc3c2c(=O)n(C)c(=O)n3C)c1. The van der Waals surface area contributed by atoms with E-state index in [1.807, 2.05) is 20.8 Å². The second-order valence-corrected chi connectivity index (χ2v) is 9.44. The molecule has 2 heterocycles.